The Morgan fingerprint density at radius 2 is 1.87 bits per heavy atom. The molecule has 0 amide bonds. The molecule has 0 aromatic heterocycles. The number of ketones is 1. The Kier molecular flexibility index (Phi) is 5.49. The zero-order valence-electron chi connectivity index (χ0n) is 9.06. The minimum absolute atomic E-state index is 0.221. The predicted molar refractivity (Wildman–Crippen MR) is 52.2 cm³/mol. The van der Waals surface area contributed by atoms with Crippen molar-refractivity contribution in [2.45, 2.75) is 19.5 Å². The van der Waals surface area contributed by atoms with Crippen molar-refractivity contribution >= 4 is 11.5 Å². The van der Waals surface area contributed by atoms with Gasteiger partial charge in [0.15, 0.2) is 0 Å². The molecule has 15 heavy (non-hydrogen) atoms. The monoisotopic (exact) mass is 224 g/mol. The van der Waals surface area contributed by atoms with Gasteiger partial charge >= 0.3 is 6.18 Å². The van der Waals surface area contributed by atoms with Gasteiger partial charge in [-0.25, -0.2) is 0 Å². The summed E-state index contributed by atoms with van der Waals surface area (Å²) in [6.45, 7) is 2.49. The van der Waals surface area contributed by atoms with Gasteiger partial charge in [0.1, 0.15) is 0 Å². The van der Waals surface area contributed by atoms with Crippen molar-refractivity contribution in [3.8, 4) is 0 Å². The molecular weight excluding hydrogens is 209 g/mol. The molecule has 0 unspecified atom stereocenters. The summed E-state index contributed by atoms with van der Waals surface area (Å²) in [4.78, 5) is 16.3. The second-order valence-electron chi connectivity index (χ2n) is 3.52. The van der Waals surface area contributed by atoms with Gasteiger partial charge in [-0.2, -0.15) is 13.2 Å². The van der Waals surface area contributed by atoms with Crippen LogP contribution in [0.15, 0.2) is 4.99 Å². The molecule has 0 aliphatic rings. The third-order valence-electron chi connectivity index (χ3n) is 1.66. The lowest BCUT2D eigenvalue weighted by Crippen LogP contribution is -2.25. The fourth-order valence-electron chi connectivity index (χ4n) is 0.829. The highest BCUT2D eigenvalue weighted by molar-refractivity contribution is 6.03. The Morgan fingerprint density at radius 3 is 2.27 bits per heavy atom. The van der Waals surface area contributed by atoms with Gasteiger partial charge in [-0.05, 0) is 21.0 Å². The maximum Gasteiger partial charge on any atom is 0.450 e. The van der Waals surface area contributed by atoms with Crippen LogP contribution in [0.4, 0.5) is 13.2 Å². The highest BCUT2D eigenvalue weighted by atomic mass is 19.4. The zero-order valence-corrected chi connectivity index (χ0v) is 9.06. The fraction of sp³-hybridized carbons (Fsp3) is 0.778. The SMILES string of the molecule is CC(CC(=O)C(F)(F)F)=NCCN(C)C. The average molecular weight is 224 g/mol. The van der Waals surface area contributed by atoms with Crippen LogP contribution < -0.4 is 0 Å². The minimum atomic E-state index is -4.75. The number of Topliss-reactive ketones (excluding diaryl/α,β-unsaturated/α-hetero) is 1. The van der Waals surface area contributed by atoms with Gasteiger partial charge in [0, 0.05) is 12.3 Å². The standard InChI is InChI=1S/C9H15F3N2O/c1-7(13-4-5-14(2)3)6-8(15)9(10,11)12/h4-6H2,1-3H3. The second kappa shape index (κ2) is 5.85. The molecular formula is C9H15F3N2O. The molecule has 0 aromatic carbocycles. The first-order valence-corrected chi connectivity index (χ1v) is 4.48. The molecule has 0 aromatic rings. The van der Waals surface area contributed by atoms with E-state index in [1.165, 1.54) is 6.92 Å². The van der Waals surface area contributed by atoms with Crippen LogP contribution >= 0.6 is 0 Å². The number of carbonyl (C=O) groups is 1. The summed E-state index contributed by atoms with van der Waals surface area (Å²) in [5, 5.41) is 0. The summed E-state index contributed by atoms with van der Waals surface area (Å²) in [7, 11) is 3.68. The van der Waals surface area contributed by atoms with Crippen LogP contribution in [0.3, 0.4) is 0 Å². The van der Waals surface area contributed by atoms with E-state index in [1.807, 2.05) is 19.0 Å². The Balaban J connectivity index is 4.02. The van der Waals surface area contributed by atoms with Gasteiger partial charge in [0.25, 0.3) is 0 Å². The Bertz CT molecular complexity index is 246. The molecule has 0 bridgehead atoms. The van der Waals surface area contributed by atoms with Gasteiger partial charge in [-0.1, -0.05) is 0 Å². The lowest BCUT2D eigenvalue weighted by atomic mass is 10.2. The zero-order chi connectivity index (χ0) is 12.1. The number of alkyl halides is 3. The van der Waals surface area contributed by atoms with Crippen LogP contribution in [0.5, 0.6) is 0 Å². The van der Waals surface area contributed by atoms with Crippen LogP contribution in [0.1, 0.15) is 13.3 Å². The smallest absolute Gasteiger partial charge is 0.308 e. The van der Waals surface area contributed by atoms with Crippen molar-refractivity contribution in [3.05, 3.63) is 0 Å². The van der Waals surface area contributed by atoms with Crippen LogP contribution in [-0.2, 0) is 4.79 Å². The van der Waals surface area contributed by atoms with Crippen LogP contribution in [0, 0.1) is 0 Å². The van der Waals surface area contributed by atoms with E-state index in [0.717, 1.165) is 0 Å². The summed E-state index contributed by atoms with van der Waals surface area (Å²) >= 11 is 0. The summed E-state index contributed by atoms with van der Waals surface area (Å²) in [5.74, 6) is -1.74. The maximum absolute atomic E-state index is 11.8. The van der Waals surface area contributed by atoms with E-state index in [9.17, 15) is 18.0 Å². The third kappa shape index (κ3) is 7.07. The van der Waals surface area contributed by atoms with E-state index in [1.54, 1.807) is 0 Å². The molecule has 0 aliphatic heterocycles. The first-order valence-electron chi connectivity index (χ1n) is 4.48. The van der Waals surface area contributed by atoms with Gasteiger partial charge < -0.3 is 4.90 Å². The number of nitrogens with zero attached hydrogens (tertiary/aromatic N) is 2. The number of hydrogen-bond donors (Lipinski definition) is 0. The molecule has 6 heteroatoms. The lowest BCUT2D eigenvalue weighted by molar-refractivity contribution is -0.169. The second-order valence-corrected chi connectivity index (χ2v) is 3.52. The minimum Gasteiger partial charge on any atom is -0.308 e. The van der Waals surface area contributed by atoms with Gasteiger partial charge in [0.2, 0.25) is 5.78 Å². The number of carbonyl (C=O) groups excluding carboxylic acids is 1. The first kappa shape index (κ1) is 14.1. The first-order chi connectivity index (χ1) is 6.73. The molecule has 0 fully saturated rings. The van der Waals surface area contributed by atoms with E-state index >= 15 is 0 Å². The van der Waals surface area contributed by atoms with E-state index in [0.29, 0.717) is 13.1 Å². The topological polar surface area (TPSA) is 32.7 Å². The van der Waals surface area contributed by atoms with Crippen molar-refractivity contribution in [2.24, 2.45) is 4.99 Å². The molecule has 0 heterocycles. The maximum atomic E-state index is 11.8. The third-order valence-corrected chi connectivity index (χ3v) is 1.66. The molecule has 0 saturated heterocycles. The van der Waals surface area contributed by atoms with Gasteiger partial charge in [-0.15, -0.1) is 0 Å². The number of aliphatic imine (C=N–C) groups is 1. The van der Waals surface area contributed by atoms with Crippen molar-refractivity contribution < 1.29 is 18.0 Å². The van der Waals surface area contributed by atoms with Crippen molar-refractivity contribution in [1.82, 2.24) is 4.90 Å². The number of hydrogen-bond acceptors (Lipinski definition) is 3. The lowest BCUT2D eigenvalue weighted by Gasteiger charge is -2.07. The Labute approximate surface area is 87.0 Å². The fourth-order valence-corrected chi connectivity index (χ4v) is 0.829. The quantitative estimate of drug-likeness (QED) is 0.663. The summed E-state index contributed by atoms with van der Waals surface area (Å²) < 4.78 is 35.5. The van der Waals surface area contributed by atoms with Gasteiger partial charge in [-0.3, -0.25) is 9.79 Å². The van der Waals surface area contributed by atoms with E-state index in [4.69, 9.17) is 0 Å². The molecule has 0 spiro atoms. The number of rotatable bonds is 5. The van der Waals surface area contributed by atoms with E-state index < -0.39 is 18.4 Å². The Hall–Kier alpha value is -0.910. The van der Waals surface area contributed by atoms with Crippen LogP contribution in [-0.4, -0.2) is 49.8 Å². The molecule has 0 radical (unpaired) electrons. The van der Waals surface area contributed by atoms with Crippen molar-refractivity contribution in [3.63, 3.8) is 0 Å². The molecule has 3 nitrogen and oxygen atoms in total. The molecule has 0 atom stereocenters. The summed E-state index contributed by atoms with van der Waals surface area (Å²) in [6, 6.07) is 0. The van der Waals surface area contributed by atoms with Gasteiger partial charge in [0.05, 0.1) is 13.0 Å². The molecule has 0 rings (SSSR count). The van der Waals surface area contributed by atoms with Crippen LogP contribution in [0.25, 0.3) is 0 Å². The molecule has 0 saturated carbocycles. The van der Waals surface area contributed by atoms with Crippen molar-refractivity contribution in [2.75, 3.05) is 27.2 Å². The molecule has 0 aliphatic carbocycles. The summed E-state index contributed by atoms with van der Waals surface area (Å²) in [6.07, 6.45) is -5.39. The number of halogens is 3. The number of likely N-dealkylation sites (N-methyl/N-ethyl adjacent to an activating group) is 1. The van der Waals surface area contributed by atoms with E-state index in [2.05, 4.69) is 4.99 Å². The molecule has 88 valence electrons. The predicted octanol–water partition coefficient (Wildman–Crippen LogP) is 1.53. The van der Waals surface area contributed by atoms with Crippen molar-refractivity contribution in [1.29, 1.82) is 0 Å². The van der Waals surface area contributed by atoms with Crippen LogP contribution in [0.2, 0.25) is 0 Å². The summed E-state index contributed by atoms with van der Waals surface area (Å²) in [5.41, 5.74) is 0.221. The highest BCUT2D eigenvalue weighted by Gasteiger charge is 2.37. The average Bonchev–Trinajstić information content (AvgIpc) is 2.01. The highest BCUT2D eigenvalue weighted by Crippen LogP contribution is 2.17. The largest absolute Gasteiger partial charge is 0.450 e. The van der Waals surface area contributed by atoms with E-state index in [-0.39, 0.29) is 5.71 Å². The molecule has 0 N–H and O–H groups in total. The Morgan fingerprint density at radius 1 is 1.33 bits per heavy atom. The normalized spacial score (nSPS) is 13.4.